The van der Waals surface area contributed by atoms with Crippen LogP contribution in [0.5, 0.6) is 11.5 Å². The van der Waals surface area contributed by atoms with E-state index in [9.17, 15) is 4.79 Å². The third-order valence-corrected chi connectivity index (χ3v) is 3.08. The maximum absolute atomic E-state index is 12.1. The van der Waals surface area contributed by atoms with Gasteiger partial charge < -0.3 is 19.7 Å². The van der Waals surface area contributed by atoms with Crippen LogP contribution in [0.2, 0.25) is 0 Å². The molecule has 0 unspecified atom stereocenters. The third kappa shape index (κ3) is 4.42. The first-order chi connectivity index (χ1) is 9.49. The van der Waals surface area contributed by atoms with Crippen LogP contribution >= 0.6 is 0 Å². The van der Waals surface area contributed by atoms with Gasteiger partial charge in [0.2, 0.25) is 0 Å². The van der Waals surface area contributed by atoms with E-state index in [2.05, 4.69) is 10.2 Å². The van der Waals surface area contributed by atoms with Crippen LogP contribution < -0.4 is 14.8 Å². The zero-order valence-corrected chi connectivity index (χ0v) is 12.9. The second-order valence-corrected chi connectivity index (χ2v) is 4.92. The lowest BCUT2D eigenvalue weighted by molar-refractivity contribution is 0.0951. The second kappa shape index (κ2) is 7.75. The molecule has 0 spiro atoms. The molecule has 0 fully saturated rings. The Hall–Kier alpha value is -1.75. The number of carbonyl (C=O) groups excluding carboxylic acids is 1. The summed E-state index contributed by atoms with van der Waals surface area (Å²) in [6.07, 6.45) is 0.916. The quantitative estimate of drug-likeness (QED) is 0.772. The van der Waals surface area contributed by atoms with E-state index in [1.54, 1.807) is 26.4 Å². The molecule has 20 heavy (non-hydrogen) atoms. The molecule has 0 heterocycles. The second-order valence-electron chi connectivity index (χ2n) is 4.92. The fraction of sp³-hybridized carbons (Fsp3) is 0.533. The molecule has 0 bridgehead atoms. The smallest absolute Gasteiger partial charge is 0.251 e. The Kier molecular flexibility index (Phi) is 6.31. The average molecular weight is 280 g/mol. The van der Waals surface area contributed by atoms with E-state index in [0.29, 0.717) is 23.6 Å². The highest BCUT2D eigenvalue weighted by Gasteiger charge is 2.13. The molecule has 1 N–H and O–H groups in total. The van der Waals surface area contributed by atoms with Crippen molar-refractivity contribution in [3.05, 3.63) is 23.3 Å². The Morgan fingerprint density at radius 1 is 1.20 bits per heavy atom. The topological polar surface area (TPSA) is 50.8 Å². The normalized spacial score (nSPS) is 10.5. The molecular weight excluding hydrogens is 256 g/mol. The number of nitrogens with zero attached hydrogens (tertiary/aromatic N) is 1. The fourth-order valence-corrected chi connectivity index (χ4v) is 1.92. The van der Waals surface area contributed by atoms with E-state index < -0.39 is 0 Å². The molecule has 0 aliphatic rings. The summed E-state index contributed by atoms with van der Waals surface area (Å²) in [5.74, 6) is 1.20. The highest BCUT2D eigenvalue weighted by molar-refractivity contribution is 5.95. The summed E-state index contributed by atoms with van der Waals surface area (Å²) in [7, 11) is 7.19. The molecule has 0 aliphatic heterocycles. The SMILES string of the molecule is COc1cc(C(=O)NCCCN(C)C)cc(OC)c1C. The molecule has 0 atom stereocenters. The van der Waals surface area contributed by atoms with Crippen molar-refractivity contribution in [2.45, 2.75) is 13.3 Å². The first-order valence-electron chi connectivity index (χ1n) is 6.65. The van der Waals surface area contributed by atoms with Gasteiger partial charge in [0, 0.05) is 17.7 Å². The molecule has 1 aromatic rings. The number of rotatable bonds is 7. The van der Waals surface area contributed by atoms with Crippen molar-refractivity contribution < 1.29 is 14.3 Å². The summed E-state index contributed by atoms with van der Waals surface area (Å²) in [6, 6.07) is 3.47. The van der Waals surface area contributed by atoms with Crippen LogP contribution in [0.3, 0.4) is 0 Å². The summed E-state index contributed by atoms with van der Waals surface area (Å²) in [5.41, 5.74) is 1.44. The predicted molar refractivity (Wildman–Crippen MR) is 79.8 cm³/mol. The average Bonchev–Trinajstić information content (AvgIpc) is 2.43. The summed E-state index contributed by atoms with van der Waals surface area (Å²) < 4.78 is 10.5. The van der Waals surface area contributed by atoms with Gasteiger partial charge in [-0.05, 0) is 46.1 Å². The van der Waals surface area contributed by atoms with Gasteiger partial charge in [0.1, 0.15) is 11.5 Å². The monoisotopic (exact) mass is 280 g/mol. The molecule has 0 aromatic heterocycles. The van der Waals surface area contributed by atoms with E-state index >= 15 is 0 Å². The Labute approximate surface area is 120 Å². The molecule has 0 saturated heterocycles. The molecule has 5 nitrogen and oxygen atoms in total. The maximum Gasteiger partial charge on any atom is 0.251 e. The standard InChI is InChI=1S/C15H24N2O3/c1-11-13(19-4)9-12(10-14(11)20-5)15(18)16-7-6-8-17(2)3/h9-10H,6-8H2,1-5H3,(H,16,18). The Morgan fingerprint density at radius 3 is 2.20 bits per heavy atom. The van der Waals surface area contributed by atoms with Crippen molar-refractivity contribution in [2.75, 3.05) is 41.4 Å². The van der Waals surface area contributed by atoms with Crippen LogP contribution in [0.4, 0.5) is 0 Å². The number of carbonyl (C=O) groups is 1. The minimum atomic E-state index is -0.111. The first kappa shape index (κ1) is 16.3. The number of methoxy groups -OCH3 is 2. The Morgan fingerprint density at radius 2 is 1.75 bits per heavy atom. The molecule has 5 heteroatoms. The summed E-state index contributed by atoms with van der Waals surface area (Å²) in [6.45, 7) is 3.49. The van der Waals surface area contributed by atoms with Gasteiger partial charge in [-0.25, -0.2) is 0 Å². The summed E-state index contributed by atoms with van der Waals surface area (Å²) in [5, 5.41) is 2.90. The molecule has 112 valence electrons. The number of benzene rings is 1. The highest BCUT2D eigenvalue weighted by Crippen LogP contribution is 2.29. The lowest BCUT2D eigenvalue weighted by atomic mass is 10.1. The van der Waals surface area contributed by atoms with Gasteiger partial charge >= 0.3 is 0 Å². The van der Waals surface area contributed by atoms with Gasteiger partial charge in [-0.2, -0.15) is 0 Å². The van der Waals surface area contributed by atoms with E-state index in [-0.39, 0.29) is 5.91 Å². The fourth-order valence-electron chi connectivity index (χ4n) is 1.92. The van der Waals surface area contributed by atoms with Crippen molar-refractivity contribution in [2.24, 2.45) is 0 Å². The predicted octanol–water partition coefficient (Wildman–Crippen LogP) is 1.69. The van der Waals surface area contributed by atoms with E-state index in [1.807, 2.05) is 21.0 Å². The summed E-state index contributed by atoms with van der Waals surface area (Å²) >= 11 is 0. The van der Waals surface area contributed by atoms with Crippen molar-refractivity contribution in [3.8, 4) is 11.5 Å². The van der Waals surface area contributed by atoms with Crippen molar-refractivity contribution in [1.82, 2.24) is 10.2 Å². The van der Waals surface area contributed by atoms with Crippen molar-refractivity contribution >= 4 is 5.91 Å². The Balaban J connectivity index is 2.72. The molecule has 1 rings (SSSR count). The molecule has 0 saturated carbocycles. The number of amides is 1. The molecule has 1 amide bonds. The van der Waals surface area contributed by atoms with Gasteiger partial charge in [0.15, 0.2) is 0 Å². The van der Waals surface area contributed by atoms with E-state index in [4.69, 9.17) is 9.47 Å². The van der Waals surface area contributed by atoms with Crippen molar-refractivity contribution in [3.63, 3.8) is 0 Å². The van der Waals surface area contributed by atoms with Crippen LogP contribution in [0, 0.1) is 6.92 Å². The maximum atomic E-state index is 12.1. The minimum absolute atomic E-state index is 0.111. The van der Waals surface area contributed by atoms with Gasteiger partial charge in [-0.1, -0.05) is 0 Å². The molecule has 0 aliphatic carbocycles. The van der Waals surface area contributed by atoms with Crippen LogP contribution in [0.1, 0.15) is 22.3 Å². The van der Waals surface area contributed by atoms with Gasteiger partial charge in [0.05, 0.1) is 14.2 Å². The van der Waals surface area contributed by atoms with Crippen LogP contribution in [-0.4, -0.2) is 52.2 Å². The van der Waals surface area contributed by atoms with Crippen molar-refractivity contribution in [1.29, 1.82) is 0 Å². The lowest BCUT2D eigenvalue weighted by Gasteiger charge is -2.13. The molecule has 1 aromatic carbocycles. The number of ether oxygens (including phenoxy) is 2. The summed E-state index contributed by atoms with van der Waals surface area (Å²) in [4.78, 5) is 14.2. The Bertz CT molecular complexity index is 433. The molecule has 0 radical (unpaired) electrons. The largest absolute Gasteiger partial charge is 0.496 e. The molecular formula is C15H24N2O3. The van der Waals surface area contributed by atoms with E-state index in [1.165, 1.54) is 0 Å². The van der Waals surface area contributed by atoms with E-state index in [0.717, 1.165) is 18.5 Å². The number of hydrogen-bond acceptors (Lipinski definition) is 4. The van der Waals surface area contributed by atoms with Gasteiger partial charge in [-0.3, -0.25) is 4.79 Å². The third-order valence-electron chi connectivity index (χ3n) is 3.08. The highest BCUT2D eigenvalue weighted by atomic mass is 16.5. The van der Waals surface area contributed by atoms with Crippen LogP contribution in [0.15, 0.2) is 12.1 Å². The zero-order valence-electron chi connectivity index (χ0n) is 12.9. The minimum Gasteiger partial charge on any atom is -0.496 e. The lowest BCUT2D eigenvalue weighted by Crippen LogP contribution is -2.27. The number of hydrogen-bond donors (Lipinski definition) is 1. The van der Waals surface area contributed by atoms with Gasteiger partial charge in [-0.15, -0.1) is 0 Å². The van der Waals surface area contributed by atoms with Crippen LogP contribution in [0.25, 0.3) is 0 Å². The van der Waals surface area contributed by atoms with Crippen LogP contribution in [-0.2, 0) is 0 Å². The zero-order chi connectivity index (χ0) is 15.1. The number of nitrogens with one attached hydrogen (secondary N) is 1. The van der Waals surface area contributed by atoms with Gasteiger partial charge in [0.25, 0.3) is 5.91 Å². The first-order valence-corrected chi connectivity index (χ1v) is 6.65.